The molecule has 0 spiro atoms. The van der Waals surface area contributed by atoms with E-state index < -0.39 is 31.4 Å². The van der Waals surface area contributed by atoms with Gasteiger partial charge in [-0.3, -0.25) is 4.79 Å². The van der Waals surface area contributed by atoms with E-state index in [1.807, 2.05) is 0 Å². The molecule has 1 fully saturated rings. The number of nitrogens with two attached hydrogens (primary N) is 1. The van der Waals surface area contributed by atoms with E-state index in [1.165, 1.54) is 29.4 Å². The van der Waals surface area contributed by atoms with Crippen LogP contribution in [0.15, 0.2) is 12.7 Å². The molecule has 134 valence electrons. The van der Waals surface area contributed by atoms with Crippen LogP contribution < -0.4 is 5.14 Å². The molecule has 0 radical (unpaired) electrons. The molecule has 1 heterocycles. The zero-order chi connectivity index (χ0) is 17.8. The highest BCUT2D eigenvalue weighted by atomic mass is 32.2. The lowest BCUT2D eigenvalue weighted by Gasteiger charge is -2.36. The first-order valence-corrected chi connectivity index (χ1v) is 10.1. The number of carbonyl (C=O) groups is 1. The Labute approximate surface area is 137 Å². The van der Waals surface area contributed by atoms with E-state index in [4.69, 9.17) is 5.14 Å². The third kappa shape index (κ3) is 4.98. The van der Waals surface area contributed by atoms with Crippen LogP contribution in [0.4, 0.5) is 0 Å². The van der Waals surface area contributed by atoms with Crippen molar-refractivity contribution in [2.45, 2.75) is 18.1 Å². The smallest absolute Gasteiger partial charge is 0.281 e. The van der Waals surface area contributed by atoms with Gasteiger partial charge < -0.3 is 4.90 Å². The lowest BCUT2D eigenvalue weighted by atomic mass is 10.2. The third-order valence-corrected chi connectivity index (χ3v) is 6.81. The van der Waals surface area contributed by atoms with Crippen LogP contribution in [-0.4, -0.2) is 81.8 Å². The van der Waals surface area contributed by atoms with Gasteiger partial charge in [0.05, 0.1) is 0 Å². The first-order chi connectivity index (χ1) is 10.5. The fourth-order valence-electron chi connectivity index (χ4n) is 2.27. The highest BCUT2D eigenvalue weighted by Gasteiger charge is 2.36. The molecule has 0 aromatic carbocycles. The van der Waals surface area contributed by atoms with Crippen molar-refractivity contribution in [3.05, 3.63) is 12.7 Å². The lowest BCUT2D eigenvalue weighted by molar-refractivity contribution is -0.132. The van der Waals surface area contributed by atoms with E-state index in [2.05, 4.69) is 6.58 Å². The Morgan fingerprint density at radius 2 is 1.74 bits per heavy atom. The Morgan fingerprint density at radius 3 is 2.13 bits per heavy atom. The van der Waals surface area contributed by atoms with Gasteiger partial charge in [-0.25, -0.2) is 13.6 Å². The first kappa shape index (κ1) is 20.0. The van der Waals surface area contributed by atoms with Crippen molar-refractivity contribution < 1.29 is 21.6 Å². The second-order valence-corrected chi connectivity index (χ2v) is 9.35. The van der Waals surface area contributed by atoms with Crippen LogP contribution in [0.1, 0.15) is 12.8 Å². The van der Waals surface area contributed by atoms with Crippen molar-refractivity contribution in [2.24, 2.45) is 5.14 Å². The van der Waals surface area contributed by atoms with Crippen molar-refractivity contribution >= 4 is 26.1 Å². The summed E-state index contributed by atoms with van der Waals surface area (Å²) in [6.07, 6.45) is 1.94. The van der Waals surface area contributed by atoms with Gasteiger partial charge in [-0.15, -0.1) is 6.58 Å². The quantitative estimate of drug-likeness (QED) is 0.552. The van der Waals surface area contributed by atoms with Crippen LogP contribution in [0.3, 0.4) is 0 Å². The maximum absolute atomic E-state index is 12.4. The number of amides is 1. The van der Waals surface area contributed by atoms with Gasteiger partial charge in [0.2, 0.25) is 15.9 Å². The van der Waals surface area contributed by atoms with Gasteiger partial charge in [0.1, 0.15) is 0 Å². The molecule has 2 N–H and O–H groups in total. The number of nitrogens with zero attached hydrogens (tertiary/aromatic N) is 3. The van der Waals surface area contributed by atoms with E-state index in [0.717, 1.165) is 4.31 Å². The topological polar surface area (TPSA) is 121 Å². The fraction of sp³-hybridized carbons (Fsp3) is 0.750. The van der Waals surface area contributed by atoms with E-state index in [9.17, 15) is 21.6 Å². The van der Waals surface area contributed by atoms with E-state index in [-0.39, 0.29) is 32.6 Å². The zero-order valence-electron chi connectivity index (χ0n) is 13.4. The number of sulfonamides is 1. The minimum atomic E-state index is -4.02. The number of allylic oxidation sites excluding steroid dienone is 1. The number of hydrogen-bond donors (Lipinski definition) is 1. The summed E-state index contributed by atoms with van der Waals surface area (Å²) >= 11 is 0. The predicted molar refractivity (Wildman–Crippen MR) is 87.1 cm³/mol. The molecule has 1 aliphatic heterocycles. The average Bonchev–Trinajstić information content (AvgIpc) is 2.46. The summed E-state index contributed by atoms with van der Waals surface area (Å²) in [5, 5.41) is 3.82. The monoisotopic (exact) mass is 368 g/mol. The highest BCUT2D eigenvalue weighted by molar-refractivity contribution is 7.90. The largest absolute Gasteiger partial charge is 0.339 e. The summed E-state index contributed by atoms with van der Waals surface area (Å²) in [4.78, 5) is 13.7. The summed E-state index contributed by atoms with van der Waals surface area (Å²) in [6.45, 7) is 4.00. The second kappa shape index (κ2) is 7.71. The maximum atomic E-state index is 12.4. The Bertz CT molecular complexity index is 636. The zero-order valence-corrected chi connectivity index (χ0v) is 15.0. The van der Waals surface area contributed by atoms with Crippen LogP contribution in [-0.2, 0) is 25.0 Å². The normalized spacial score (nSPS) is 18.9. The molecule has 0 aliphatic carbocycles. The van der Waals surface area contributed by atoms with Crippen molar-refractivity contribution in [3.8, 4) is 0 Å². The van der Waals surface area contributed by atoms with Crippen LogP contribution in [0.2, 0.25) is 0 Å². The first-order valence-electron chi connectivity index (χ1n) is 7.10. The Kier molecular flexibility index (Phi) is 6.71. The SMILES string of the molecule is C=CCC[C@@H](C(=O)N1CCN(S(=O)(=O)N(C)C)CC1)S(N)(=O)=O. The summed E-state index contributed by atoms with van der Waals surface area (Å²) in [7, 11) is -4.70. The van der Waals surface area contributed by atoms with E-state index >= 15 is 0 Å². The Balaban J connectivity index is 2.79. The summed E-state index contributed by atoms with van der Waals surface area (Å²) in [6, 6.07) is 0. The summed E-state index contributed by atoms with van der Waals surface area (Å²) in [5.41, 5.74) is 0. The molecular formula is C12H24N4O5S2. The number of hydrogen-bond acceptors (Lipinski definition) is 5. The Morgan fingerprint density at radius 1 is 1.22 bits per heavy atom. The molecule has 23 heavy (non-hydrogen) atoms. The molecule has 1 amide bonds. The molecule has 1 rings (SSSR count). The van der Waals surface area contributed by atoms with Gasteiger partial charge in [-0.05, 0) is 12.8 Å². The van der Waals surface area contributed by atoms with Crippen LogP contribution >= 0.6 is 0 Å². The number of carbonyl (C=O) groups excluding carboxylic acids is 1. The average molecular weight is 368 g/mol. The number of rotatable bonds is 7. The lowest BCUT2D eigenvalue weighted by Crippen LogP contribution is -2.56. The number of primary sulfonamides is 1. The molecule has 0 aromatic heterocycles. The molecular weight excluding hydrogens is 344 g/mol. The van der Waals surface area contributed by atoms with Gasteiger partial charge in [0, 0.05) is 40.3 Å². The van der Waals surface area contributed by atoms with E-state index in [0.29, 0.717) is 6.42 Å². The van der Waals surface area contributed by atoms with Crippen LogP contribution in [0.25, 0.3) is 0 Å². The van der Waals surface area contributed by atoms with Crippen LogP contribution in [0.5, 0.6) is 0 Å². The predicted octanol–water partition coefficient (Wildman–Crippen LogP) is -1.44. The number of piperazine rings is 1. The third-order valence-electron chi connectivity index (χ3n) is 3.64. The molecule has 0 bridgehead atoms. The molecule has 1 atom stereocenters. The molecule has 9 nitrogen and oxygen atoms in total. The molecule has 11 heteroatoms. The molecule has 1 saturated heterocycles. The summed E-state index contributed by atoms with van der Waals surface area (Å²) in [5.74, 6) is -0.587. The van der Waals surface area contributed by atoms with Crippen molar-refractivity contribution in [3.63, 3.8) is 0 Å². The molecule has 1 aliphatic rings. The van der Waals surface area contributed by atoms with Gasteiger partial charge in [-0.2, -0.15) is 17.0 Å². The maximum Gasteiger partial charge on any atom is 0.281 e. The van der Waals surface area contributed by atoms with Crippen LogP contribution in [0, 0.1) is 0 Å². The van der Waals surface area contributed by atoms with E-state index in [1.54, 1.807) is 0 Å². The fourth-order valence-corrected chi connectivity index (χ4v) is 4.25. The highest BCUT2D eigenvalue weighted by Crippen LogP contribution is 2.15. The van der Waals surface area contributed by atoms with Crippen molar-refractivity contribution in [1.82, 2.24) is 13.5 Å². The molecule has 0 saturated carbocycles. The summed E-state index contributed by atoms with van der Waals surface area (Å²) < 4.78 is 49.6. The Hall–Kier alpha value is -1.01. The van der Waals surface area contributed by atoms with Gasteiger partial charge in [0.15, 0.2) is 5.25 Å². The van der Waals surface area contributed by atoms with Crippen molar-refractivity contribution in [2.75, 3.05) is 40.3 Å². The molecule has 0 aromatic rings. The van der Waals surface area contributed by atoms with Gasteiger partial charge >= 0.3 is 0 Å². The van der Waals surface area contributed by atoms with Gasteiger partial charge in [0.25, 0.3) is 10.2 Å². The second-order valence-electron chi connectivity index (χ2n) is 5.46. The van der Waals surface area contributed by atoms with Crippen molar-refractivity contribution in [1.29, 1.82) is 0 Å². The molecule has 0 unspecified atom stereocenters. The van der Waals surface area contributed by atoms with Gasteiger partial charge in [-0.1, -0.05) is 6.08 Å². The minimum Gasteiger partial charge on any atom is -0.339 e. The minimum absolute atomic E-state index is 0.0668. The standard InChI is InChI=1S/C12H24N4O5S2/c1-4-5-6-11(22(13,18)19)12(17)15-7-9-16(10-8-15)23(20,21)14(2)3/h4,11H,1,5-10H2,2-3H3,(H2,13,18,19)/t11-/m0/s1.